The van der Waals surface area contributed by atoms with E-state index in [0.29, 0.717) is 26.6 Å². The van der Waals surface area contributed by atoms with Gasteiger partial charge in [0.15, 0.2) is 5.78 Å². The van der Waals surface area contributed by atoms with Crippen LogP contribution in [0.3, 0.4) is 0 Å². The standard InChI is InChI=1S/C25H21BrFN7O4/c1-13(35)23-17-7-14(15-9-28-25(38)29-10-15)5-6-18(17)34(32-23)12-22(36)33-11-16(27)8-19(33)24(37)31-21-4-2-3-20(26)30-21/h2-7,9-10,16,19H,8,11-12H2,1H3,(H,28,29,38)(H,30,31,37)/t16-,19+/m1/s1. The lowest BCUT2D eigenvalue weighted by molar-refractivity contribution is -0.137. The summed E-state index contributed by atoms with van der Waals surface area (Å²) in [5.74, 6) is -1.09. The van der Waals surface area contributed by atoms with Crippen molar-refractivity contribution < 1.29 is 18.8 Å². The number of carbonyl (C=O) groups is 3. The highest BCUT2D eigenvalue weighted by molar-refractivity contribution is 9.10. The van der Waals surface area contributed by atoms with Gasteiger partial charge in [-0.3, -0.25) is 19.1 Å². The third kappa shape index (κ3) is 5.09. The van der Waals surface area contributed by atoms with Crippen molar-refractivity contribution in [2.75, 3.05) is 11.9 Å². The summed E-state index contributed by atoms with van der Waals surface area (Å²) < 4.78 is 16.3. The highest BCUT2D eigenvalue weighted by atomic mass is 79.9. The average Bonchev–Trinajstić information content (AvgIpc) is 3.45. The molecule has 1 aliphatic rings. The Morgan fingerprint density at radius 2 is 2.03 bits per heavy atom. The van der Waals surface area contributed by atoms with Crippen LogP contribution in [0.1, 0.15) is 23.8 Å². The summed E-state index contributed by atoms with van der Waals surface area (Å²) in [6.07, 6.45) is 1.42. The lowest BCUT2D eigenvalue weighted by Gasteiger charge is -2.23. The molecule has 0 spiro atoms. The van der Waals surface area contributed by atoms with Gasteiger partial charge in [-0.1, -0.05) is 12.1 Å². The Balaban J connectivity index is 1.41. The summed E-state index contributed by atoms with van der Waals surface area (Å²) in [6.45, 7) is 0.840. The number of hydrogen-bond acceptors (Lipinski definition) is 7. The number of carbonyl (C=O) groups excluding carboxylic acids is 3. The molecule has 0 aliphatic carbocycles. The Bertz CT molecular complexity index is 1620. The average molecular weight is 582 g/mol. The molecule has 0 bridgehead atoms. The number of alkyl halides is 1. The van der Waals surface area contributed by atoms with Gasteiger partial charge < -0.3 is 15.2 Å². The number of Topliss-reactive ketones (excluding diaryl/α,β-unsaturated/α-hetero) is 1. The molecule has 38 heavy (non-hydrogen) atoms. The van der Waals surface area contributed by atoms with Crippen LogP contribution in [0.2, 0.25) is 0 Å². The van der Waals surface area contributed by atoms with Crippen molar-refractivity contribution in [1.82, 2.24) is 29.6 Å². The summed E-state index contributed by atoms with van der Waals surface area (Å²) in [6, 6.07) is 9.13. The van der Waals surface area contributed by atoms with Crippen molar-refractivity contribution in [2.24, 2.45) is 0 Å². The van der Waals surface area contributed by atoms with Gasteiger partial charge >= 0.3 is 5.69 Å². The lowest BCUT2D eigenvalue weighted by atomic mass is 10.0. The highest BCUT2D eigenvalue weighted by Gasteiger charge is 2.40. The Labute approximate surface area is 223 Å². The van der Waals surface area contributed by atoms with Crippen LogP contribution in [0.25, 0.3) is 22.0 Å². The number of ketones is 1. The fraction of sp³-hybridized carbons (Fsp3) is 0.240. The second kappa shape index (κ2) is 10.2. The van der Waals surface area contributed by atoms with Crippen LogP contribution >= 0.6 is 15.9 Å². The van der Waals surface area contributed by atoms with Gasteiger partial charge in [-0.15, -0.1) is 0 Å². The van der Waals surface area contributed by atoms with Crippen molar-refractivity contribution in [3.8, 4) is 11.1 Å². The molecule has 3 aromatic heterocycles. The van der Waals surface area contributed by atoms with Crippen molar-refractivity contribution in [3.63, 3.8) is 0 Å². The molecule has 1 fully saturated rings. The summed E-state index contributed by atoms with van der Waals surface area (Å²) in [4.78, 5) is 61.4. The molecule has 0 saturated carbocycles. The third-order valence-electron chi connectivity index (χ3n) is 6.21. The molecule has 2 atom stereocenters. The lowest BCUT2D eigenvalue weighted by Crippen LogP contribution is -2.44. The number of pyridine rings is 1. The minimum absolute atomic E-state index is 0.138. The molecule has 194 valence electrons. The number of aromatic amines is 1. The monoisotopic (exact) mass is 581 g/mol. The summed E-state index contributed by atoms with van der Waals surface area (Å²) >= 11 is 3.23. The third-order valence-corrected chi connectivity index (χ3v) is 6.66. The number of anilines is 1. The van der Waals surface area contributed by atoms with Gasteiger partial charge in [0, 0.05) is 36.7 Å². The molecule has 0 radical (unpaired) electrons. The van der Waals surface area contributed by atoms with E-state index in [1.807, 2.05) is 0 Å². The number of halogens is 2. The Morgan fingerprint density at radius 3 is 2.74 bits per heavy atom. The van der Waals surface area contributed by atoms with Gasteiger partial charge in [0.25, 0.3) is 0 Å². The second-order valence-electron chi connectivity index (χ2n) is 8.83. The maximum Gasteiger partial charge on any atom is 0.344 e. The molecule has 2 amide bonds. The molecular formula is C25H21BrFN7O4. The van der Waals surface area contributed by atoms with Crippen LogP contribution in [0, 0.1) is 0 Å². The predicted molar refractivity (Wildman–Crippen MR) is 139 cm³/mol. The number of fused-ring (bicyclic) bond motifs is 1. The van der Waals surface area contributed by atoms with E-state index in [1.54, 1.807) is 36.4 Å². The van der Waals surface area contributed by atoms with Crippen LogP contribution in [-0.4, -0.2) is 66.0 Å². The van der Waals surface area contributed by atoms with Gasteiger partial charge in [-0.05, 0) is 45.8 Å². The SMILES string of the molecule is CC(=O)c1nn(CC(=O)N2C[C@H](F)C[C@H]2C(=O)Nc2cccc(Br)n2)c2ccc(-c3cnc(=O)[nH]c3)cc12. The molecule has 4 aromatic rings. The summed E-state index contributed by atoms with van der Waals surface area (Å²) in [5.41, 5.74) is 1.51. The smallest absolute Gasteiger partial charge is 0.326 e. The molecule has 4 heterocycles. The maximum absolute atomic E-state index is 14.4. The van der Waals surface area contributed by atoms with Crippen molar-refractivity contribution >= 4 is 50.2 Å². The predicted octanol–water partition coefficient (Wildman–Crippen LogP) is 2.72. The number of aromatic nitrogens is 5. The zero-order valence-corrected chi connectivity index (χ0v) is 21.6. The fourth-order valence-electron chi connectivity index (χ4n) is 4.45. The molecule has 1 aliphatic heterocycles. The van der Waals surface area contributed by atoms with E-state index >= 15 is 0 Å². The first kappa shape index (κ1) is 25.4. The number of likely N-dealkylation sites (tertiary alicyclic amines) is 1. The van der Waals surface area contributed by atoms with Gasteiger partial charge in [-0.2, -0.15) is 5.10 Å². The van der Waals surface area contributed by atoms with Gasteiger partial charge in [0.1, 0.15) is 34.9 Å². The molecule has 2 N–H and O–H groups in total. The van der Waals surface area contributed by atoms with Crippen molar-refractivity contribution in [3.05, 3.63) is 69.6 Å². The number of benzene rings is 1. The van der Waals surface area contributed by atoms with Gasteiger partial charge in [0.2, 0.25) is 11.8 Å². The zero-order valence-electron chi connectivity index (χ0n) is 20.0. The molecule has 1 saturated heterocycles. The normalized spacial score (nSPS) is 17.1. The number of rotatable bonds is 6. The first-order valence-electron chi connectivity index (χ1n) is 11.6. The van der Waals surface area contributed by atoms with Crippen molar-refractivity contribution in [2.45, 2.75) is 32.1 Å². The summed E-state index contributed by atoms with van der Waals surface area (Å²) in [7, 11) is 0. The number of hydrogen-bond donors (Lipinski definition) is 2. The van der Waals surface area contributed by atoms with E-state index in [9.17, 15) is 23.6 Å². The Hall–Kier alpha value is -4.26. The van der Waals surface area contributed by atoms with E-state index in [0.717, 1.165) is 0 Å². The molecule has 0 unspecified atom stereocenters. The van der Waals surface area contributed by atoms with E-state index in [1.165, 1.54) is 28.9 Å². The molecular weight excluding hydrogens is 561 g/mol. The zero-order chi connectivity index (χ0) is 27.0. The van der Waals surface area contributed by atoms with Gasteiger partial charge in [-0.25, -0.2) is 19.2 Å². The number of nitrogens with one attached hydrogen (secondary N) is 2. The van der Waals surface area contributed by atoms with E-state index in [-0.39, 0.29) is 36.8 Å². The fourth-order valence-corrected chi connectivity index (χ4v) is 4.80. The maximum atomic E-state index is 14.4. The molecule has 5 rings (SSSR count). The molecule has 13 heteroatoms. The van der Waals surface area contributed by atoms with Gasteiger partial charge in [0.05, 0.1) is 12.1 Å². The molecule has 1 aromatic carbocycles. The van der Waals surface area contributed by atoms with E-state index < -0.39 is 29.7 Å². The van der Waals surface area contributed by atoms with E-state index in [4.69, 9.17) is 0 Å². The van der Waals surface area contributed by atoms with E-state index in [2.05, 4.69) is 41.3 Å². The quantitative estimate of drug-likeness (QED) is 0.263. The van der Waals surface area contributed by atoms with Crippen LogP contribution in [0.15, 0.2) is 58.2 Å². The van der Waals surface area contributed by atoms with Crippen molar-refractivity contribution in [1.29, 1.82) is 0 Å². The second-order valence-corrected chi connectivity index (χ2v) is 9.64. The first-order valence-corrected chi connectivity index (χ1v) is 12.4. The topological polar surface area (TPSA) is 143 Å². The van der Waals surface area contributed by atoms with Crippen LogP contribution < -0.4 is 11.0 Å². The van der Waals surface area contributed by atoms with Crippen LogP contribution in [0.4, 0.5) is 10.2 Å². The Morgan fingerprint density at radius 1 is 1.21 bits per heavy atom. The summed E-state index contributed by atoms with van der Waals surface area (Å²) in [5, 5.41) is 7.49. The number of H-pyrrole nitrogens is 1. The number of nitrogens with zero attached hydrogens (tertiary/aromatic N) is 5. The minimum Gasteiger partial charge on any atom is -0.326 e. The van der Waals surface area contributed by atoms with Crippen LogP contribution in [0.5, 0.6) is 0 Å². The highest BCUT2D eigenvalue weighted by Crippen LogP contribution is 2.27. The molecule has 11 nitrogen and oxygen atoms in total. The first-order chi connectivity index (χ1) is 18.2. The minimum atomic E-state index is -1.36. The Kier molecular flexibility index (Phi) is 6.85. The largest absolute Gasteiger partial charge is 0.344 e. The van der Waals surface area contributed by atoms with Crippen LogP contribution in [-0.2, 0) is 16.1 Å². The number of amides is 2.